The van der Waals surface area contributed by atoms with Gasteiger partial charge in [0.05, 0.1) is 16.8 Å². The molecule has 0 aliphatic rings. The molecule has 0 unspecified atom stereocenters. The number of benzene rings is 1. The fourth-order valence-corrected chi connectivity index (χ4v) is 2.76. The van der Waals surface area contributed by atoms with Gasteiger partial charge in [0.25, 0.3) is 0 Å². The van der Waals surface area contributed by atoms with Crippen LogP contribution < -0.4 is 0 Å². The second-order valence-electron chi connectivity index (χ2n) is 5.32. The molecule has 0 radical (unpaired) electrons. The normalized spacial score (nSPS) is 11.3. The largest absolute Gasteiger partial charge is 0.480 e. The van der Waals surface area contributed by atoms with E-state index in [1.165, 1.54) is 23.5 Å². The van der Waals surface area contributed by atoms with Crippen molar-refractivity contribution in [2.75, 3.05) is 6.54 Å². The topological polar surface area (TPSA) is 70.5 Å². The lowest BCUT2D eigenvalue weighted by Gasteiger charge is -2.21. The van der Waals surface area contributed by atoms with E-state index < -0.39 is 30.2 Å². The number of amides is 1. The monoisotopic (exact) mass is 372 g/mol. The van der Waals surface area contributed by atoms with Crippen LogP contribution in [0.5, 0.6) is 0 Å². The highest BCUT2D eigenvalue weighted by molar-refractivity contribution is 7.07. The second kappa shape index (κ2) is 8.11. The average Bonchev–Trinajstić information content (AvgIpc) is 3.04. The predicted octanol–water partition coefficient (Wildman–Crippen LogP) is 3.21. The van der Waals surface area contributed by atoms with E-state index in [4.69, 9.17) is 5.11 Å². The van der Waals surface area contributed by atoms with Crippen molar-refractivity contribution in [3.8, 4) is 0 Å². The summed E-state index contributed by atoms with van der Waals surface area (Å²) in [6.07, 6.45) is -3.98. The van der Waals surface area contributed by atoms with Crippen molar-refractivity contribution >= 4 is 23.2 Å². The number of thiazole rings is 1. The average molecular weight is 372 g/mol. The molecule has 0 fully saturated rings. The van der Waals surface area contributed by atoms with Crippen LogP contribution in [0.15, 0.2) is 35.2 Å². The van der Waals surface area contributed by atoms with Gasteiger partial charge >= 0.3 is 12.1 Å². The fraction of sp³-hybridized carbons (Fsp3) is 0.312. The van der Waals surface area contributed by atoms with E-state index >= 15 is 0 Å². The van der Waals surface area contributed by atoms with E-state index in [0.717, 1.165) is 22.7 Å². The summed E-state index contributed by atoms with van der Waals surface area (Å²) in [5, 5.41) is 10.8. The molecular formula is C16H15F3N2O3S. The molecule has 0 bridgehead atoms. The first-order chi connectivity index (χ1) is 11.8. The molecule has 1 N–H and O–H groups in total. The van der Waals surface area contributed by atoms with Crippen molar-refractivity contribution in [2.45, 2.75) is 25.6 Å². The lowest BCUT2D eigenvalue weighted by Crippen LogP contribution is -2.35. The van der Waals surface area contributed by atoms with Gasteiger partial charge in [-0.15, -0.1) is 11.3 Å². The zero-order chi connectivity index (χ0) is 18.4. The molecule has 0 saturated carbocycles. The maximum atomic E-state index is 12.6. The number of hydrogen-bond donors (Lipinski definition) is 1. The summed E-state index contributed by atoms with van der Waals surface area (Å²) in [6.45, 7) is -0.586. The Morgan fingerprint density at radius 3 is 2.40 bits per heavy atom. The minimum absolute atomic E-state index is 0.0691. The summed E-state index contributed by atoms with van der Waals surface area (Å²) in [5.41, 5.74) is 2.01. The summed E-state index contributed by atoms with van der Waals surface area (Å²) in [6, 6.07) is 4.30. The van der Waals surface area contributed by atoms with Crippen LogP contribution in [0.3, 0.4) is 0 Å². The van der Waals surface area contributed by atoms with Crippen LogP contribution >= 0.6 is 11.3 Å². The molecule has 1 heterocycles. The third-order valence-corrected chi connectivity index (χ3v) is 4.05. The smallest absolute Gasteiger partial charge is 0.416 e. The third kappa shape index (κ3) is 5.86. The standard InChI is InChI=1S/C16H15F3N2O3S/c17-16(18,19)12-3-1-11(2-4-12)7-21(8-15(23)24)14(22)6-5-13-9-25-10-20-13/h1-4,9-10H,5-8H2,(H,23,24). The second-order valence-corrected chi connectivity index (χ2v) is 6.04. The van der Waals surface area contributed by atoms with Crippen LogP contribution in [0.2, 0.25) is 0 Å². The number of hydrogen-bond acceptors (Lipinski definition) is 4. The number of carbonyl (C=O) groups excluding carboxylic acids is 1. The summed E-state index contributed by atoms with van der Waals surface area (Å²) >= 11 is 1.39. The van der Waals surface area contributed by atoms with Gasteiger partial charge in [0.2, 0.25) is 5.91 Å². The van der Waals surface area contributed by atoms with Gasteiger partial charge in [-0.05, 0) is 24.1 Å². The molecule has 0 spiro atoms. The number of alkyl halides is 3. The van der Waals surface area contributed by atoms with Gasteiger partial charge in [-0.1, -0.05) is 12.1 Å². The summed E-state index contributed by atoms with van der Waals surface area (Å²) in [4.78, 5) is 28.4. The van der Waals surface area contributed by atoms with E-state index in [2.05, 4.69) is 4.98 Å². The zero-order valence-electron chi connectivity index (χ0n) is 13.0. The first kappa shape index (κ1) is 18.9. The molecule has 0 saturated heterocycles. The number of carboxylic acid groups (broad SMARTS) is 1. The lowest BCUT2D eigenvalue weighted by atomic mass is 10.1. The number of halogens is 3. The van der Waals surface area contributed by atoms with Gasteiger partial charge in [0.1, 0.15) is 6.54 Å². The highest BCUT2D eigenvalue weighted by atomic mass is 32.1. The van der Waals surface area contributed by atoms with Crippen molar-refractivity contribution in [1.29, 1.82) is 0 Å². The Morgan fingerprint density at radius 1 is 1.20 bits per heavy atom. The molecule has 0 aliphatic heterocycles. The minimum atomic E-state index is -4.44. The highest BCUT2D eigenvalue weighted by Gasteiger charge is 2.30. The summed E-state index contributed by atoms with van der Waals surface area (Å²) in [5.74, 6) is -1.58. The number of aryl methyl sites for hydroxylation is 1. The molecule has 1 amide bonds. The first-order valence-corrected chi connectivity index (χ1v) is 8.23. The molecule has 5 nitrogen and oxygen atoms in total. The van der Waals surface area contributed by atoms with Crippen LogP contribution in [-0.4, -0.2) is 33.4 Å². The van der Waals surface area contributed by atoms with Gasteiger partial charge in [0.15, 0.2) is 0 Å². The van der Waals surface area contributed by atoms with E-state index in [0.29, 0.717) is 12.0 Å². The van der Waals surface area contributed by atoms with Gasteiger partial charge in [-0.2, -0.15) is 13.2 Å². The Kier molecular flexibility index (Phi) is 6.13. The molecule has 134 valence electrons. The number of carbonyl (C=O) groups is 2. The van der Waals surface area contributed by atoms with E-state index in [1.807, 2.05) is 0 Å². The highest BCUT2D eigenvalue weighted by Crippen LogP contribution is 2.29. The zero-order valence-corrected chi connectivity index (χ0v) is 13.8. The first-order valence-electron chi connectivity index (χ1n) is 7.28. The van der Waals surface area contributed by atoms with Gasteiger partial charge in [0, 0.05) is 18.3 Å². The number of nitrogens with zero attached hydrogens (tertiary/aromatic N) is 2. The van der Waals surface area contributed by atoms with Crippen molar-refractivity contribution < 1.29 is 27.9 Å². The van der Waals surface area contributed by atoms with Crippen LogP contribution in [0.1, 0.15) is 23.2 Å². The van der Waals surface area contributed by atoms with Crippen LogP contribution in [0.4, 0.5) is 13.2 Å². The van der Waals surface area contributed by atoms with E-state index in [9.17, 15) is 22.8 Å². The molecule has 1 aromatic heterocycles. The van der Waals surface area contributed by atoms with Crippen LogP contribution in [-0.2, 0) is 28.7 Å². The summed E-state index contributed by atoms with van der Waals surface area (Å²) in [7, 11) is 0. The van der Waals surface area contributed by atoms with Crippen molar-refractivity contribution in [3.05, 3.63) is 52.0 Å². The Hall–Kier alpha value is -2.42. The van der Waals surface area contributed by atoms with Crippen molar-refractivity contribution in [2.24, 2.45) is 0 Å². The molecular weight excluding hydrogens is 357 g/mol. The SMILES string of the molecule is O=C(O)CN(Cc1ccc(C(F)(F)F)cc1)C(=O)CCc1cscn1. The molecule has 0 aliphatic carbocycles. The maximum absolute atomic E-state index is 12.6. The maximum Gasteiger partial charge on any atom is 0.416 e. The van der Waals surface area contributed by atoms with Gasteiger partial charge in [-0.3, -0.25) is 9.59 Å². The van der Waals surface area contributed by atoms with Crippen molar-refractivity contribution in [1.82, 2.24) is 9.88 Å². The molecule has 25 heavy (non-hydrogen) atoms. The minimum Gasteiger partial charge on any atom is -0.480 e. The quantitative estimate of drug-likeness (QED) is 0.810. The Balaban J connectivity index is 2.03. The molecule has 2 rings (SSSR count). The number of aliphatic carboxylic acids is 1. The predicted molar refractivity (Wildman–Crippen MR) is 84.9 cm³/mol. The Bertz CT molecular complexity index is 715. The number of carboxylic acids is 1. The van der Waals surface area contributed by atoms with Gasteiger partial charge in [-0.25, -0.2) is 4.98 Å². The molecule has 9 heteroatoms. The number of aromatic nitrogens is 1. The number of rotatable bonds is 7. The Labute approximate surface area is 145 Å². The van der Waals surface area contributed by atoms with E-state index in [1.54, 1.807) is 10.9 Å². The van der Waals surface area contributed by atoms with Crippen LogP contribution in [0, 0.1) is 0 Å². The van der Waals surface area contributed by atoms with Gasteiger partial charge < -0.3 is 10.0 Å². The van der Waals surface area contributed by atoms with E-state index in [-0.39, 0.29) is 13.0 Å². The molecule has 0 atom stereocenters. The van der Waals surface area contributed by atoms with Crippen LogP contribution in [0.25, 0.3) is 0 Å². The third-order valence-electron chi connectivity index (χ3n) is 3.41. The van der Waals surface area contributed by atoms with Crippen molar-refractivity contribution in [3.63, 3.8) is 0 Å². The summed E-state index contributed by atoms with van der Waals surface area (Å²) < 4.78 is 37.7. The molecule has 1 aromatic carbocycles. The Morgan fingerprint density at radius 2 is 1.88 bits per heavy atom. The molecule has 2 aromatic rings. The fourth-order valence-electron chi connectivity index (χ4n) is 2.17. The lowest BCUT2D eigenvalue weighted by molar-refractivity contribution is -0.144.